The number of aliphatic hydroxyl groups is 1. The molecule has 1 aliphatic rings. The predicted octanol–water partition coefficient (Wildman–Crippen LogP) is 3.51. The highest BCUT2D eigenvalue weighted by molar-refractivity contribution is 14.0. The molecule has 0 radical (unpaired) electrons. The van der Waals surface area contributed by atoms with Crippen LogP contribution in [0.3, 0.4) is 0 Å². The van der Waals surface area contributed by atoms with E-state index in [2.05, 4.69) is 27.3 Å². The number of hydrogen-bond acceptors (Lipinski definition) is 2. The summed E-state index contributed by atoms with van der Waals surface area (Å²) in [7, 11) is 0. The SMILES string of the molecule is CCNC(=NCC(O)c1ccc(F)cc1)N1CCc2ccccc21.I. The summed E-state index contributed by atoms with van der Waals surface area (Å²) in [4.78, 5) is 6.73. The van der Waals surface area contributed by atoms with Crippen LogP contribution in [0.1, 0.15) is 24.2 Å². The first-order valence-corrected chi connectivity index (χ1v) is 8.26. The van der Waals surface area contributed by atoms with E-state index in [1.54, 1.807) is 12.1 Å². The molecule has 2 aromatic carbocycles. The van der Waals surface area contributed by atoms with Crippen LogP contribution in [0.15, 0.2) is 53.5 Å². The van der Waals surface area contributed by atoms with Gasteiger partial charge in [0.15, 0.2) is 5.96 Å². The summed E-state index contributed by atoms with van der Waals surface area (Å²) in [6.45, 7) is 3.88. The van der Waals surface area contributed by atoms with Crippen LogP contribution in [-0.4, -0.2) is 30.7 Å². The van der Waals surface area contributed by atoms with E-state index in [-0.39, 0.29) is 36.3 Å². The maximum absolute atomic E-state index is 13.0. The number of fused-ring (bicyclic) bond motifs is 1. The van der Waals surface area contributed by atoms with E-state index in [4.69, 9.17) is 0 Å². The van der Waals surface area contributed by atoms with Crippen LogP contribution < -0.4 is 10.2 Å². The van der Waals surface area contributed by atoms with Crippen molar-refractivity contribution in [2.45, 2.75) is 19.4 Å². The minimum absolute atomic E-state index is 0. The van der Waals surface area contributed by atoms with Gasteiger partial charge in [0.25, 0.3) is 0 Å². The Bertz CT molecular complexity index is 721. The summed E-state index contributed by atoms with van der Waals surface area (Å²) < 4.78 is 13.0. The number of rotatable bonds is 4. The molecule has 0 fully saturated rings. The first-order valence-electron chi connectivity index (χ1n) is 8.26. The molecule has 0 spiro atoms. The summed E-state index contributed by atoms with van der Waals surface area (Å²) in [5, 5.41) is 13.6. The molecule has 0 aliphatic carbocycles. The Balaban J connectivity index is 0.00000225. The lowest BCUT2D eigenvalue weighted by atomic mass is 10.1. The van der Waals surface area contributed by atoms with Crippen molar-refractivity contribution in [2.75, 3.05) is 24.5 Å². The van der Waals surface area contributed by atoms with Gasteiger partial charge in [0.2, 0.25) is 0 Å². The predicted molar refractivity (Wildman–Crippen MR) is 110 cm³/mol. The van der Waals surface area contributed by atoms with E-state index in [0.717, 1.165) is 31.2 Å². The number of anilines is 1. The Morgan fingerprint density at radius 1 is 1.24 bits per heavy atom. The van der Waals surface area contributed by atoms with Crippen molar-refractivity contribution in [1.82, 2.24) is 5.32 Å². The van der Waals surface area contributed by atoms with Crippen LogP contribution in [0.4, 0.5) is 10.1 Å². The van der Waals surface area contributed by atoms with Gasteiger partial charge >= 0.3 is 0 Å². The van der Waals surface area contributed by atoms with Crippen LogP contribution in [-0.2, 0) is 6.42 Å². The van der Waals surface area contributed by atoms with Crippen molar-refractivity contribution in [3.05, 3.63) is 65.5 Å². The summed E-state index contributed by atoms with van der Waals surface area (Å²) in [6.07, 6.45) is 0.235. The van der Waals surface area contributed by atoms with Crippen LogP contribution in [0.2, 0.25) is 0 Å². The maximum atomic E-state index is 13.0. The molecule has 0 saturated carbocycles. The molecule has 0 amide bonds. The molecule has 2 N–H and O–H groups in total. The van der Waals surface area contributed by atoms with Gasteiger partial charge in [0.05, 0.1) is 12.6 Å². The Labute approximate surface area is 164 Å². The van der Waals surface area contributed by atoms with Crippen molar-refractivity contribution in [3.8, 4) is 0 Å². The van der Waals surface area contributed by atoms with Gasteiger partial charge in [-0.25, -0.2) is 9.38 Å². The van der Waals surface area contributed by atoms with Crippen LogP contribution in [0.25, 0.3) is 0 Å². The minimum Gasteiger partial charge on any atom is -0.386 e. The Morgan fingerprint density at radius 3 is 2.68 bits per heavy atom. The molecule has 4 nitrogen and oxygen atoms in total. The third kappa shape index (κ3) is 4.70. The number of nitrogens with one attached hydrogen (secondary N) is 1. The van der Waals surface area contributed by atoms with E-state index in [1.807, 2.05) is 19.1 Å². The molecule has 2 aromatic rings. The average molecular weight is 455 g/mol. The molecule has 1 aliphatic heterocycles. The lowest BCUT2D eigenvalue weighted by Crippen LogP contribution is -2.40. The standard InChI is InChI=1S/C19H22FN3O.HI/c1-2-21-19(23-12-11-14-5-3-4-6-17(14)23)22-13-18(24)15-7-9-16(20)10-8-15;/h3-10,18,24H,2,11-13H2,1H3,(H,21,22);1H. The Kier molecular flexibility index (Phi) is 7.19. The fourth-order valence-corrected chi connectivity index (χ4v) is 2.92. The van der Waals surface area contributed by atoms with Gasteiger partial charge in [-0.15, -0.1) is 24.0 Å². The first kappa shape index (κ1) is 19.7. The molecule has 0 saturated heterocycles. The summed E-state index contributed by atoms with van der Waals surface area (Å²) >= 11 is 0. The number of para-hydroxylation sites is 1. The molecular weight excluding hydrogens is 432 g/mol. The van der Waals surface area contributed by atoms with Crippen molar-refractivity contribution in [1.29, 1.82) is 0 Å². The molecule has 0 bridgehead atoms. The monoisotopic (exact) mass is 455 g/mol. The van der Waals surface area contributed by atoms with Gasteiger partial charge in [-0.3, -0.25) is 0 Å². The quantitative estimate of drug-likeness (QED) is 0.422. The van der Waals surface area contributed by atoms with Gasteiger partial charge in [-0.05, 0) is 42.7 Å². The number of aliphatic hydroxyl groups excluding tert-OH is 1. The second-order valence-corrected chi connectivity index (χ2v) is 5.79. The highest BCUT2D eigenvalue weighted by Gasteiger charge is 2.22. The van der Waals surface area contributed by atoms with E-state index in [0.29, 0.717) is 5.56 Å². The van der Waals surface area contributed by atoms with Gasteiger partial charge in [-0.2, -0.15) is 0 Å². The van der Waals surface area contributed by atoms with E-state index < -0.39 is 6.10 Å². The molecule has 0 aromatic heterocycles. The van der Waals surface area contributed by atoms with Gasteiger partial charge < -0.3 is 15.3 Å². The molecule has 134 valence electrons. The number of halogens is 2. The molecule has 1 unspecified atom stereocenters. The third-order valence-corrected chi connectivity index (χ3v) is 4.15. The van der Waals surface area contributed by atoms with Crippen molar-refractivity contribution < 1.29 is 9.50 Å². The van der Waals surface area contributed by atoms with E-state index >= 15 is 0 Å². The zero-order valence-corrected chi connectivity index (χ0v) is 16.5. The normalized spacial score (nSPS) is 14.7. The topological polar surface area (TPSA) is 47.9 Å². The van der Waals surface area contributed by atoms with Crippen LogP contribution >= 0.6 is 24.0 Å². The van der Waals surface area contributed by atoms with Crippen LogP contribution in [0.5, 0.6) is 0 Å². The summed E-state index contributed by atoms with van der Waals surface area (Å²) in [5.41, 5.74) is 3.13. The maximum Gasteiger partial charge on any atom is 0.198 e. The fraction of sp³-hybridized carbons (Fsp3) is 0.316. The molecule has 3 rings (SSSR count). The van der Waals surface area contributed by atoms with Gasteiger partial charge in [-0.1, -0.05) is 30.3 Å². The number of nitrogens with zero attached hydrogens (tertiary/aromatic N) is 2. The number of hydrogen-bond donors (Lipinski definition) is 2. The lowest BCUT2D eigenvalue weighted by Gasteiger charge is -2.22. The summed E-state index contributed by atoms with van der Waals surface area (Å²) in [6, 6.07) is 14.2. The Hall–Kier alpha value is -1.67. The van der Waals surface area contributed by atoms with Gasteiger partial charge in [0.1, 0.15) is 5.82 Å². The summed E-state index contributed by atoms with van der Waals surface area (Å²) in [5.74, 6) is 0.458. The van der Waals surface area contributed by atoms with E-state index in [1.165, 1.54) is 17.7 Å². The third-order valence-electron chi connectivity index (χ3n) is 4.15. The molecule has 25 heavy (non-hydrogen) atoms. The fourth-order valence-electron chi connectivity index (χ4n) is 2.92. The second kappa shape index (κ2) is 9.15. The van der Waals surface area contributed by atoms with Crippen LogP contribution in [0, 0.1) is 5.82 Å². The van der Waals surface area contributed by atoms with Crippen molar-refractivity contribution in [2.24, 2.45) is 4.99 Å². The van der Waals surface area contributed by atoms with Crippen molar-refractivity contribution in [3.63, 3.8) is 0 Å². The second-order valence-electron chi connectivity index (χ2n) is 5.79. The highest BCUT2D eigenvalue weighted by Crippen LogP contribution is 2.27. The zero-order valence-electron chi connectivity index (χ0n) is 14.2. The number of guanidine groups is 1. The van der Waals surface area contributed by atoms with E-state index in [9.17, 15) is 9.50 Å². The number of aliphatic imine (C=N–C) groups is 1. The highest BCUT2D eigenvalue weighted by atomic mass is 127. The zero-order chi connectivity index (χ0) is 16.9. The van der Waals surface area contributed by atoms with Crippen molar-refractivity contribution >= 4 is 35.6 Å². The average Bonchev–Trinajstić information content (AvgIpc) is 3.03. The lowest BCUT2D eigenvalue weighted by molar-refractivity contribution is 0.187. The minimum atomic E-state index is -0.753. The molecular formula is C19H23FIN3O. The molecule has 6 heteroatoms. The molecule has 1 atom stereocenters. The molecule has 1 heterocycles. The van der Waals surface area contributed by atoms with Gasteiger partial charge in [0, 0.05) is 18.8 Å². The first-order chi connectivity index (χ1) is 11.7. The smallest absolute Gasteiger partial charge is 0.198 e. The largest absolute Gasteiger partial charge is 0.386 e. The Morgan fingerprint density at radius 2 is 1.96 bits per heavy atom. The number of benzene rings is 2.